The van der Waals surface area contributed by atoms with Gasteiger partial charge in [0.2, 0.25) is 10.0 Å². The summed E-state index contributed by atoms with van der Waals surface area (Å²) in [5.41, 5.74) is 1.14. The summed E-state index contributed by atoms with van der Waals surface area (Å²) in [6.45, 7) is 2.74. The monoisotopic (exact) mass is 443 g/mol. The first kappa shape index (κ1) is 21.3. The molecular formula is C21H25N5O4S. The summed E-state index contributed by atoms with van der Waals surface area (Å²) < 4.78 is 29.1. The summed E-state index contributed by atoms with van der Waals surface area (Å²) in [4.78, 5) is 28.3. The highest BCUT2D eigenvalue weighted by Gasteiger charge is 2.25. The third-order valence-electron chi connectivity index (χ3n) is 5.54. The van der Waals surface area contributed by atoms with Crippen molar-refractivity contribution in [3.8, 4) is 0 Å². The molecular weight excluding hydrogens is 418 g/mol. The first-order chi connectivity index (χ1) is 14.8. The van der Waals surface area contributed by atoms with Crippen LogP contribution in [0.5, 0.6) is 0 Å². The summed E-state index contributed by atoms with van der Waals surface area (Å²) in [7, 11) is -1.95. The maximum atomic E-state index is 13.0. The van der Waals surface area contributed by atoms with Crippen LogP contribution in [0.25, 0.3) is 11.0 Å². The number of amides is 1. The van der Waals surface area contributed by atoms with Gasteiger partial charge in [-0.3, -0.25) is 14.3 Å². The largest absolute Gasteiger partial charge is 0.335 e. The second-order valence-electron chi connectivity index (χ2n) is 7.78. The molecule has 0 saturated carbocycles. The predicted molar refractivity (Wildman–Crippen MR) is 118 cm³/mol. The van der Waals surface area contributed by atoms with E-state index in [1.54, 1.807) is 26.1 Å². The van der Waals surface area contributed by atoms with E-state index in [9.17, 15) is 18.0 Å². The number of rotatable bonds is 4. The number of H-pyrrole nitrogens is 1. The number of fused-ring (bicyclic) bond motifs is 1. The Balaban J connectivity index is 1.60. The number of hydrogen-bond acceptors (Lipinski definition) is 5. The van der Waals surface area contributed by atoms with Crippen molar-refractivity contribution >= 4 is 32.7 Å². The molecule has 2 aromatic heterocycles. The average molecular weight is 444 g/mol. The van der Waals surface area contributed by atoms with Crippen molar-refractivity contribution in [3.63, 3.8) is 0 Å². The Hall–Kier alpha value is -2.98. The lowest BCUT2D eigenvalue weighted by molar-refractivity contribution is 0.102. The SMILES string of the molecule is Cc1nn(C)c2[nH]c(C(=O)Nc3cccc(S(=O)(=O)N4CCCCCC4)c3)cc(=O)c12. The summed E-state index contributed by atoms with van der Waals surface area (Å²) in [6, 6.07) is 7.41. The van der Waals surface area contributed by atoms with E-state index in [1.807, 2.05) is 0 Å². The molecule has 0 bridgehead atoms. The third kappa shape index (κ3) is 4.13. The summed E-state index contributed by atoms with van der Waals surface area (Å²) in [6.07, 6.45) is 3.75. The number of aromatic amines is 1. The number of anilines is 1. The lowest BCUT2D eigenvalue weighted by atomic mass is 10.2. The normalized spacial score (nSPS) is 15.7. The molecule has 4 rings (SSSR count). The van der Waals surface area contributed by atoms with Crippen molar-refractivity contribution in [2.45, 2.75) is 37.5 Å². The molecule has 0 aliphatic carbocycles. The van der Waals surface area contributed by atoms with E-state index in [0.717, 1.165) is 25.7 Å². The number of carbonyl (C=O) groups is 1. The first-order valence-corrected chi connectivity index (χ1v) is 11.7. The maximum Gasteiger partial charge on any atom is 0.272 e. The highest BCUT2D eigenvalue weighted by molar-refractivity contribution is 7.89. The van der Waals surface area contributed by atoms with Crippen LogP contribution >= 0.6 is 0 Å². The van der Waals surface area contributed by atoms with Crippen molar-refractivity contribution < 1.29 is 13.2 Å². The Bertz CT molecular complexity index is 1300. The van der Waals surface area contributed by atoms with Gasteiger partial charge in [-0.2, -0.15) is 9.40 Å². The van der Waals surface area contributed by atoms with Crippen LogP contribution in [-0.4, -0.2) is 46.5 Å². The molecule has 1 saturated heterocycles. The predicted octanol–water partition coefficient (Wildman–Crippen LogP) is 2.39. The Morgan fingerprint density at radius 2 is 1.84 bits per heavy atom. The first-order valence-electron chi connectivity index (χ1n) is 10.3. The van der Waals surface area contributed by atoms with Crippen LogP contribution in [0.15, 0.2) is 40.0 Å². The molecule has 1 amide bonds. The molecule has 0 unspecified atom stereocenters. The molecule has 3 aromatic rings. The van der Waals surface area contributed by atoms with Gasteiger partial charge in [0.15, 0.2) is 5.43 Å². The van der Waals surface area contributed by atoms with Crippen molar-refractivity contribution in [1.82, 2.24) is 19.1 Å². The standard InChI is InChI=1S/C21H25N5O4S/c1-14-19-18(27)13-17(23-20(19)25(2)24-14)21(28)22-15-8-7-9-16(12-15)31(29,30)26-10-5-3-4-6-11-26/h7-9,12-13H,3-6,10-11H2,1-2H3,(H,22,28)(H,23,27). The molecule has 0 atom stereocenters. The zero-order valence-electron chi connectivity index (χ0n) is 17.5. The highest BCUT2D eigenvalue weighted by atomic mass is 32.2. The van der Waals surface area contributed by atoms with Crippen LogP contribution in [0.3, 0.4) is 0 Å². The minimum Gasteiger partial charge on any atom is -0.335 e. The fraction of sp³-hybridized carbons (Fsp3) is 0.381. The molecule has 0 spiro atoms. The topological polar surface area (TPSA) is 117 Å². The lowest BCUT2D eigenvalue weighted by Gasteiger charge is -2.20. The molecule has 1 aliphatic heterocycles. The van der Waals surface area contributed by atoms with Gasteiger partial charge in [-0.1, -0.05) is 18.9 Å². The molecule has 1 fully saturated rings. The molecule has 164 valence electrons. The van der Waals surface area contributed by atoms with Gasteiger partial charge in [-0.05, 0) is 38.0 Å². The van der Waals surface area contributed by atoms with Crippen LogP contribution in [0.1, 0.15) is 41.9 Å². The zero-order chi connectivity index (χ0) is 22.2. The summed E-state index contributed by atoms with van der Waals surface area (Å²) in [5.74, 6) is -0.540. The third-order valence-corrected chi connectivity index (χ3v) is 7.43. The Kier molecular flexibility index (Phi) is 5.67. The molecule has 31 heavy (non-hydrogen) atoms. The van der Waals surface area contributed by atoms with Crippen LogP contribution in [0.2, 0.25) is 0 Å². The second kappa shape index (κ2) is 8.27. The molecule has 1 aromatic carbocycles. The number of aromatic nitrogens is 3. The lowest BCUT2D eigenvalue weighted by Crippen LogP contribution is -2.32. The quantitative estimate of drug-likeness (QED) is 0.642. The number of sulfonamides is 1. The van der Waals surface area contributed by atoms with Crippen molar-refractivity contribution in [2.75, 3.05) is 18.4 Å². The van der Waals surface area contributed by atoms with Gasteiger partial charge < -0.3 is 10.3 Å². The maximum absolute atomic E-state index is 13.0. The van der Waals surface area contributed by atoms with Gasteiger partial charge in [-0.25, -0.2) is 8.42 Å². The number of benzene rings is 1. The van der Waals surface area contributed by atoms with E-state index in [-0.39, 0.29) is 16.0 Å². The fourth-order valence-electron chi connectivity index (χ4n) is 3.95. The second-order valence-corrected chi connectivity index (χ2v) is 9.72. The Morgan fingerprint density at radius 1 is 1.13 bits per heavy atom. The molecule has 0 radical (unpaired) electrons. The van der Waals surface area contributed by atoms with Crippen molar-refractivity contribution in [1.29, 1.82) is 0 Å². The van der Waals surface area contributed by atoms with Crippen LogP contribution < -0.4 is 10.7 Å². The zero-order valence-corrected chi connectivity index (χ0v) is 18.3. The number of aryl methyl sites for hydroxylation is 2. The molecule has 1 aliphatic rings. The number of carbonyl (C=O) groups excluding carboxylic acids is 1. The highest BCUT2D eigenvalue weighted by Crippen LogP contribution is 2.23. The molecule has 2 N–H and O–H groups in total. The van der Waals surface area contributed by atoms with Crippen molar-refractivity contribution in [3.05, 3.63) is 51.9 Å². The van der Waals surface area contributed by atoms with E-state index in [2.05, 4.69) is 15.4 Å². The van der Waals surface area contributed by atoms with E-state index >= 15 is 0 Å². The van der Waals surface area contributed by atoms with Gasteiger partial charge in [0.05, 0.1) is 16.0 Å². The Labute approximate surface area is 180 Å². The number of nitrogens with one attached hydrogen (secondary N) is 2. The summed E-state index contributed by atoms with van der Waals surface area (Å²) in [5, 5.41) is 7.32. The van der Waals surface area contributed by atoms with Crippen LogP contribution in [0, 0.1) is 6.92 Å². The number of hydrogen-bond donors (Lipinski definition) is 2. The van der Waals surface area contributed by atoms with Crippen LogP contribution in [-0.2, 0) is 17.1 Å². The van der Waals surface area contributed by atoms with Gasteiger partial charge in [-0.15, -0.1) is 0 Å². The molecule has 9 nitrogen and oxygen atoms in total. The van der Waals surface area contributed by atoms with E-state index in [4.69, 9.17) is 0 Å². The minimum absolute atomic E-state index is 0.0706. The van der Waals surface area contributed by atoms with E-state index in [0.29, 0.717) is 35.5 Å². The number of pyridine rings is 1. The molecule has 10 heteroatoms. The average Bonchev–Trinajstić information content (AvgIpc) is 2.91. The minimum atomic E-state index is -3.63. The van der Waals surface area contributed by atoms with E-state index in [1.165, 1.54) is 27.2 Å². The summed E-state index contributed by atoms with van der Waals surface area (Å²) >= 11 is 0. The van der Waals surface area contributed by atoms with Crippen molar-refractivity contribution in [2.24, 2.45) is 7.05 Å². The molecule has 3 heterocycles. The van der Waals surface area contributed by atoms with E-state index < -0.39 is 15.9 Å². The Morgan fingerprint density at radius 3 is 2.55 bits per heavy atom. The van der Waals surface area contributed by atoms with Crippen LogP contribution in [0.4, 0.5) is 5.69 Å². The van der Waals surface area contributed by atoms with Gasteiger partial charge >= 0.3 is 0 Å². The fourth-order valence-corrected chi connectivity index (χ4v) is 5.51. The van der Waals surface area contributed by atoms with Gasteiger partial charge in [0, 0.05) is 31.9 Å². The van der Waals surface area contributed by atoms with Gasteiger partial charge in [0.25, 0.3) is 5.91 Å². The number of nitrogens with zero attached hydrogens (tertiary/aromatic N) is 3. The smallest absolute Gasteiger partial charge is 0.272 e. The van der Waals surface area contributed by atoms with Gasteiger partial charge in [0.1, 0.15) is 11.3 Å².